The Morgan fingerprint density at radius 1 is 1.12 bits per heavy atom. The third-order valence-electron chi connectivity index (χ3n) is 4.80. The van der Waals surface area contributed by atoms with Crippen molar-refractivity contribution in [3.63, 3.8) is 0 Å². The summed E-state index contributed by atoms with van der Waals surface area (Å²) in [6.45, 7) is 2.46. The van der Waals surface area contributed by atoms with Crippen LogP contribution >= 0.6 is 11.6 Å². The van der Waals surface area contributed by atoms with Crippen molar-refractivity contribution in [3.05, 3.63) is 70.2 Å². The molecule has 2 aromatic carbocycles. The fourth-order valence-corrected chi connectivity index (χ4v) is 5.20. The maximum absolute atomic E-state index is 13.1. The average Bonchev–Trinajstić information content (AvgIpc) is 2.99. The van der Waals surface area contributed by atoms with Crippen molar-refractivity contribution in [2.24, 2.45) is 0 Å². The van der Waals surface area contributed by atoms with Crippen LogP contribution < -0.4 is 0 Å². The van der Waals surface area contributed by atoms with E-state index in [0.29, 0.717) is 23.6 Å². The van der Waals surface area contributed by atoms with E-state index in [4.69, 9.17) is 11.6 Å². The molecule has 1 saturated heterocycles. The van der Waals surface area contributed by atoms with Gasteiger partial charge in [-0.2, -0.15) is 0 Å². The van der Waals surface area contributed by atoms with Crippen molar-refractivity contribution < 1.29 is 13.2 Å². The molecule has 1 fully saturated rings. The number of amides is 1. The van der Waals surface area contributed by atoms with Gasteiger partial charge in [0, 0.05) is 12.6 Å². The summed E-state index contributed by atoms with van der Waals surface area (Å²) in [6.07, 6.45) is 1.41. The second kappa shape index (κ2) is 7.80. The maximum atomic E-state index is 13.1. The molecule has 1 atom stereocenters. The van der Waals surface area contributed by atoms with Crippen molar-refractivity contribution >= 4 is 27.3 Å². The minimum Gasteiger partial charge on any atom is -0.330 e. The van der Waals surface area contributed by atoms with E-state index in [1.165, 1.54) is 5.56 Å². The van der Waals surface area contributed by atoms with E-state index in [1.807, 2.05) is 24.3 Å². The summed E-state index contributed by atoms with van der Waals surface area (Å²) < 4.78 is 23.9. The third-order valence-corrected chi connectivity index (χ3v) is 6.88. The average molecular weight is 392 g/mol. The normalized spacial score (nSPS) is 18.6. The van der Waals surface area contributed by atoms with Gasteiger partial charge in [-0.05, 0) is 36.1 Å². The first-order valence-corrected chi connectivity index (χ1v) is 10.9. The fraction of sp³-hybridized carbons (Fsp3) is 0.350. The van der Waals surface area contributed by atoms with Gasteiger partial charge in [-0.25, -0.2) is 8.42 Å². The van der Waals surface area contributed by atoms with Crippen LogP contribution in [-0.2, 0) is 22.8 Å². The minimum absolute atomic E-state index is 0.0102. The molecule has 26 heavy (non-hydrogen) atoms. The highest BCUT2D eigenvalue weighted by Gasteiger charge is 2.35. The molecule has 1 aliphatic rings. The summed E-state index contributed by atoms with van der Waals surface area (Å²) in [6, 6.07) is 14.6. The number of aryl methyl sites for hydroxylation is 1. The Kier molecular flexibility index (Phi) is 5.68. The van der Waals surface area contributed by atoms with Crippen molar-refractivity contribution in [2.45, 2.75) is 32.4 Å². The zero-order valence-electron chi connectivity index (χ0n) is 14.7. The highest BCUT2D eigenvalue weighted by atomic mass is 35.5. The Morgan fingerprint density at radius 2 is 1.77 bits per heavy atom. The maximum Gasteiger partial charge on any atom is 0.255 e. The minimum atomic E-state index is -3.10. The third kappa shape index (κ3) is 4.27. The Labute approximate surface area is 159 Å². The first-order chi connectivity index (χ1) is 12.4. The van der Waals surface area contributed by atoms with E-state index in [2.05, 4.69) is 6.92 Å². The molecular weight excluding hydrogens is 370 g/mol. The molecule has 1 aliphatic heterocycles. The van der Waals surface area contributed by atoms with Gasteiger partial charge in [-0.1, -0.05) is 54.9 Å². The number of rotatable bonds is 5. The van der Waals surface area contributed by atoms with Gasteiger partial charge in [-0.15, -0.1) is 0 Å². The Balaban J connectivity index is 1.91. The van der Waals surface area contributed by atoms with Crippen molar-refractivity contribution in [1.29, 1.82) is 0 Å². The van der Waals surface area contributed by atoms with Gasteiger partial charge < -0.3 is 4.90 Å². The number of carbonyl (C=O) groups excluding carboxylic acids is 1. The van der Waals surface area contributed by atoms with Crippen LogP contribution in [-0.4, -0.2) is 36.8 Å². The number of nitrogens with zero attached hydrogens (tertiary/aromatic N) is 1. The number of benzene rings is 2. The number of hydrogen-bond acceptors (Lipinski definition) is 3. The first kappa shape index (κ1) is 18.9. The van der Waals surface area contributed by atoms with E-state index in [0.717, 1.165) is 12.0 Å². The van der Waals surface area contributed by atoms with Gasteiger partial charge in [0.05, 0.1) is 22.1 Å². The second-order valence-corrected chi connectivity index (χ2v) is 9.28. The summed E-state index contributed by atoms with van der Waals surface area (Å²) in [5.74, 6) is -0.0908. The van der Waals surface area contributed by atoms with E-state index in [1.54, 1.807) is 29.2 Å². The summed E-state index contributed by atoms with van der Waals surface area (Å²) in [5, 5.41) is 0.379. The fourth-order valence-electron chi connectivity index (χ4n) is 3.25. The predicted octanol–water partition coefficient (Wildman–Crippen LogP) is 3.73. The van der Waals surface area contributed by atoms with E-state index >= 15 is 0 Å². The van der Waals surface area contributed by atoms with Gasteiger partial charge in [-0.3, -0.25) is 4.79 Å². The molecule has 0 aromatic heterocycles. The van der Waals surface area contributed by atoms with Crippen LogP contribution in [0.15, 0.2) is 48.5 Å². The Morgan fingerprint density at radius 3 is 2.35 bits per heavy atom. The SMILES string of the molecule is CCc1ccc(CN(C(=O)c2ccccc2Cl)[C@@H]2CCS(=O)(=O)C2)cc1. The van der Waals surface area contributed by atoms with Crippen LogP contribution in [0.5, 0.6) is 0 Å². The lowest BCUT2D eigenvalue weighted by Crippen LogP contribution is -2.40. The van der Waals surface area contributed by atoms with Crippen molar-refractivity contribution in [1.82, 2.24) is 4.90 Å². The van der Waals surface area contributed by atoms with Gasteiger partial charge in [0.25, 0.3) is 5.91 Å². The first-order valence-electron chi connectivity index (χ1n) is 8.73. The molecule has 2 aromatic rings. The van der Waals surface area contributed by atoms with Gasteiger partial charge in [0.1, 0.15) is 0 Å². The highest BCUT2D eigenvalue weighted by Crippen LogP contribution is 2.25. The van der Waals surface area contributed by atoms with Gasteiger partial charge in [0.15, 0.2) is 9.84 Å². The van der Waals surface area contributed by atoms with Crippen LogP contribution in [0.4, 0.5) is 0 Å². The smallest absolute Gasteiger partial charge is 0.255 e. The Bertz CT molecular complexity index is 894. The van der Waals surface area contributed by atoms with Crippen LogP contribution in [0.2, 0.25) is 5.02 Å². The number of hydrogen-bond donors (Lipinski definition) is 0. The van der Waals surface area contributed by atoms with E-state index < -0.39 is 9.84 Å². The lowest BCUT2D eigenvalue weighted by Gasteiger charge is -2.29. The van der Waals surface area contributed by atoms with E-state index in [-0.39, 0.29) is 23.5 Å². The highest BCUT2D eigenvalue weighted by molar-refractivity contribution is 7.91. The zero-order valence-corrected chi connectivity index (χ0v) is 16.3. The van der Waals surface area contributed by atoms with Gasteiger partial charge in [0.2, 0.25) is 0 Å². The van der Waals surface area contributed by atoms with Crippen LogP contribution in [0, 0.1) is 0 Å². The standard InChI is InChI=1S/C20H22ClNO3S/c1-2-15-7-9-16(10-8-15)13-22(17-11-12-26(24,25)14-17)20(23)18-5-3-4-6-19(18)21/h3-10,17H,2,11-14H2,1H3/t17-/m1/s1. The number of sulfone groups is 1. The largest absolute Gasteiger partial charge is 0.330 e. The second-order valence-electron chi connectivity index (χ2n) is 6.64. The summed E-state index contributed by atoms with van der Waals surface area (Å²) >= 11 is 6.20. The molecule has 1 heterocycles. The molecule has 6 heteroatoms. The quantitative estimate of drug-likeness (QED) is 0.780. The molecular formula is C20H22ClNO3S. The molecule has 1 amide bonds. The lowest BCUT2D eigenvalue weighted by molar-refractivity contribution is 0.0681. The topological polar surface area (TPSA) is 54.5 Å². The van der Waals surface area contributed by atoms with Gasteiger partial charge >= 0.3 is 0 Å². The Hall–Kier alpha value is -1.85. The monoisotopic (exact) mass is 391 g/mol. The number of halogens is 1. The summed E-state index contributed by atoms with van der Waals surface area (Å²) in [5.41, 5.74) is 2.61. The lowest BCUT2D eigenvalue weighted by atomic mass is 10.1. The predicted molar refractivity (Wildman–Crippen MR) is 104 cm³/mol. The summed E-state index contributed by atoms with van der Waals surface area (Å²) in [7, 11) is -3.10. The van der Waals surface area contributed by atoms with Crippen molar-refractivity contribution in [2.75, 3.05) is 11.5 Å². The van der Waals surface area contributed by atoms with E-state index in [9.17, 15) is 13.2 Å². The molecule has 0 bridgehead atoms. The van der Waals surface area contributed by atoms with Crippen LogP contribution in [0.25, 0.3) is 0 Å². The van der Waals surface area contributed by atoms with Crippen LogP contribution in [0.1, 0.15) is 34.8 Å². The van der Waals surface area contributed by atoms with Crippen LogP contribution in [0.3, 0.4) is 0 Å². The molecule has 0 unspecified atom stereocenters. The molecule has 0 N–H and O–H groups in total. The molecule has 0 radical (unpaired) electrons. The molecule has 4 nitrogen and oxygen atoms in total. The van der Waals surface area contributed by atoms with Crippen molar-refractivity contribution in [3.8, 4) is 0 Å². The molecule has 138 valence electrons. The zero-order chi connectivity index (χ0) is 18.7. The molecule has 0 spiro atoms. The molecule has 3 rings (SSSR count). The summed E-state index contributed by atoms with van der Waals surface area (Å²) in [4.78, 5) is 14.8. The molecule has 0 aliphatic carbocycles. The number of carbonyl (C=O) groups is 1. The molecule has 0 saturated carbocycles.